The lowest BCUT2D eigenvalue weighted by Gasteiger charge is -2.02. The van der Waals surface area contributed by atoms with E-state index in [9.17, 15) is 0 Å². The predicted octanol–water partition coefficient (Wildman–Crippen LogP) is 4.28. The molecule has 0 atom stereocenters. The van der Waals surface area contributed by atoms with E-state index in [1.54, 1.807) is 6.07 Å². The maximum Gasteiger partial charge on any atom is 0.259 e. The molecule has 3 aromatic rings. The van der Waals surface area contributed by atoms with E-state index in [1.165, 1.54) is 0 Å². The highest BCUT2D eigenvalue weighted by Crippen LogP contribution is 2.29. The van der Waals surface area contributed by atoms with Crippen molar-refractivity contribution in [2.45, 2.75) is 6.54 Å². The van der Waals surface area contributed by atoms with Gasteiger partial charge < -0.3 is 10.3 Å². The van der Waals surface area contributed by atoms with Crippen LogP contribution in [-0.2, 0) is 6.54 Å². The number of nitrogens with two attached hydrogens (primary N) is 1. The molecule has 4 nitrogen and oxygen atoms in total. The molecule has 0 bridgehead atoms. The number of benzene rings is 2. The van der Waals surface area contributed by atoms with Crippen LogP contribution in [0.4, 0.5) is 0 Å². The summed E-state index contributed by atoms with van der Waals surface area (Å²) in [5, 5.41) is 4.58. The van der Waals surface area contributed by atoms with Crippen LogP contribution < -0.4 is 5.73 Å². The number of hydrogen-bond donors (Lipinski definition) is 1. The third-order valence-corrected chi connectivity index (χ3v) is 4.16. The summed E-state index contributed by atoms with van der Waals surface area (Å²) in [6.45, 7) is 0.434. The second-order valence-corrected chi connectivity index (χ2v) is 5.67. The van der Waals surface area contributed by atoms with E-state index in [4.69, 9.17) is 21.9 Å². The van der Waals surface area contributed by atoms with E-state index in [0.717, 1.165) is 15.6 Å². The molecule has 0 saturated carbocycles. The first-order valence-electron chi connectivity index (χ1n) is 6.26. The van der Waals surface area contributed by atoms with E-state index in [0.29, 0.717) is 28.8 Å². The molecule has 0 saturated heterocycles. The van der Waals surface area contributed by atoms with Crippen LogP contribution in [0.3, 0.4) is 0 Å². The molecule has 2 N–H and O–H groups in total. The average molecular weight is 365 g/mol. The quantitative estimate of drug-likeness (QED) is 0.753. The predicted molar refractivity (Wildman–Crippen MR) is 85.8 cm³/mol. The lowest BCUT2D eigenvalue weighted by atomic mass is 10.1. The van der Waals surface area contributed by atoms with Crippen LogP contribution in [-0.4, -0.2) is 10.1 Å². The van der Waals surface area contributed by atoms with Gasteiger partial charge in [0.1, 0.15) is 0 Å². The van der Waals surface area contributed by atoms with Crippen LogP contribution in [0.1, 0.15) is 5.56 Å². The Labute approximate surface area is 135 Å². The summed E-state index contributed by atoms with van der Waals surface area (Å²) in [4.78, 5) is 4.40. The summed E-state index contributed by atoms with van der Waals surface area (Å²) in [5.41, 5.74) is 8.25. The largest absolute Gasteiger partial charge is 0.334 e. The zero-order valence-corrected chi connectivity index (χ0v) is 13.2. The summed E-state index contributed by atoms with van der Waals surface area (Å²) >= 11 is 9.58. The Balaban J connectivity index is 2.01. The molecule has 0 aliphatic rings. The van der Waals surface area contributed by atoms with Gasteiger partial charge in [-0.05, 0) is 35.9 Å². The van der Waals surface area contributed by atoms with Crippen molar-refractivity contribution >= 4 is 27.5 Å². The van der Waals surface area contributed by atoms with Gasteiger partial charge in [-0.1, -0.05) is 44.8 Å². The first-order valence-corrected chi connectivity index (χ1v) is 7.43. The van der Waals surface area contributed by atoms with E-state index in [-0.39, 0.29) is 0 Å². The van der Waals surface area contributed by atoms with Gasteiger partial charge in [-0.25, -0.2) is 0 Å². The number of nitrogens with zero attached hydrogens (tertiary/aromatic N) is 2. The molecular weight excluding hydrogens is 354 g/mol. The normalized spacial score (nSPS) is 10.8. The van der Waals surface area contributed by atoms with Gasteiger partial charge in [0.2, 0.25) is 5.82 Å². The van der Waals surface area contributed by atoms with Gasteiger partial charge >= 0.3 is 0 Å². The van der Waals surface area contributed by atoms with Gasteiger partial charge in [-0.15, -0.1) is 0 Å². The van der Waals surface area contributed by atoms with E-state index in [1.807, 2.05) is 36.4 Å². The molecular formula is C15H11BrClN3O. The zero-order valence-electron chi connectivity index (χ0n) is 10.9. The molecule has 0 radical (unpaired) electrons. The van der Waals surface area contributed by atoms with Crippen molar-refractivity contribution < 1.29 is 4.52 Å². The Hall–Kier alpha value is -1.69. The Morgan fingerprint density at radius 3 is 2.76 bits per heavy atom. The second-order valence-electron chi connectivity index (χ2n) is 4.41. The molecule has 0 aliphatic heterocycles. The molecule has 3 rings (SSSR count). The van der Waals surface area contributed by atoms with E-state index in [2.05, 4.69) is 26.1 Å². The van der Waals surface area contributed by atoms with Crippen LogP contribution in [0.5, 0.6) is 0 Å². The van der Waals surface area contributed by atoms with Crippen molar-refractivity contribution in [1.82, 2.24) is 10.1 Å². The standard InChI is InChI=1S/C15H11BrClN3O/c16-12-6-5-9(7-10(12)8-18)14-19-15(21-20-14)11-3-1-2-4-13(11)17/h1-7H,8,18H2. The van der Waals surface area contributed by atoms with Crippen molar-refractivity contribution in [1.29, 1.82) is 0 Å². The molecule has 0 unspecified atom stereocenters. The maximum absolute atomic E-state index is 6.13. The topological polar surface area (TPSA) is 64.9 Å². The fourth-order valence-corrected chi connectivity index (χ4v) is 2.58. The molecule has 106 valence electrons. The molecule has 0 aliphatic carbocycles. The lowest BCUT2D eigenvalue weighted by Crippen LogP contribution is -1.97. The highest BCUT2D eigenvalue weighted by molar-refractivity contribution is 9.10. The SMILES string of the molecule is NCc1cc(-c2noc(-c3ccccc3Cl)n2)ccc1Br. The fourth-order valence-electron chi connectivity index (χ4n) is 1.96. The van der Waals surface area contributed by atoms with Gasteiger partial charge in [0, 0.05) is 16.6 Å². The molecule has 0 amide bonds. The number of halogens is 2. The number of hydrogen-bond acceptors (Lipinski definition) is 4. The summed E-state index contributed by atoms with van der Waals surface area (Å²) in [5.74, 6) is 0.903. The first kappa shape index (κ1) is 14.3. The molecule has 0 fully saturated rings. The van der Waals surface area contributed by atoms with Gasteiger partial charge in [0.05, 0.1) is 10.6 Å². The third-order valence-electron chi connectivity index (χ3n) is 3.05. The molecule has 21 heavy (non-hydrogen) atoms. The van der Waals surface area contributed by atoms with Crippen molar-refractivity contribution in [2.75, 3.05) is 0 Å². The zero-order chi connectivity index (χ0) is 14.8. The maximum atomic E-state index is 6.13. The molecule has 2 aromatic carbocycles. The molecule has 6 heteroatoms. The van der Waals surface area contributed by atoms with Gasteiger partial charge in [-0.2, -0.15) is 4.98 Å². The minimum atomic E-state index is 0.396. The highest BCUT2D eigenvalue weighted by Gasteiger charge is 2.13. The van der Waals surface area contributed by atoms with Crippen LogP contribution in [0.2, 0.25) is 5.02 Å². The summed E-state index contributed by atoms with van der Waals surface area (Å²) in [6, 6.07) is 13.1. The average Bonchev–Trinajstić information content (AvgIpc) is 2.98. The Bertz CT molecular complexity index is 788. The van der Waals surface area contributed by atoms with Gasteiger partial charge in [0.25, 0.3) is 5.89 Å². The van der Waals surface area contributed by atoms with Crippen LogP contribution in [0.25, 0.3) is 22.8 Å². The Kier molecular flexibility index (Phi) is 4.05. The van der Waals surface area contributed by atoms with Crippen LogP contribution in [0.15, 0.2) is 51.5 Å². The smallest absolute Gasteiger partial charge is 0.259 e. The molecule has 1 heterocycles. The summed E-state index contributed by atoms with van der Waals surface area (Å²) in [6.07, 6.45) is 0. The number of rotatable bonds is 3. The van der Waals surface area contributed by atoms with Gasteiger partial charge in [-0.3, -0.25) is 0 Å². The summed E-state index contributed by atoms with van der Waals surface area (Å²) < 4.78 is 6.26. The van der Waals surface area contributed by atoms with Crippen molar-refractivity contribution in [3.05, 3.63) is 57.5 Å². The summed E-state index contributed by atoms with van der Waals surface area (Å²) in [7, 11) is 0. The Morgan fingerprint density at radius 1 is 1.19 bits per heavy atom. The minimum absolute atomic E-state index is 0.396. The first-order chi connectivity index (χ1) is 10.2. The van der Waals surface area contributed by atoms with Crippen molar-refractivity contribution in [2.24, 2.45) is 5.73 Å². The van der Waals surface area contributed by atoms with Crippen molar-refractivity contribution in [3.63, 3.8) is 0 Å². The van der Waals surface area contributed by atoms with Crippen LogP contribution >= 0.6 is 27.5 Å². The van der Waals surface area contributed by atoms with E-state index < -0.39 is 0 Å². The van der Waals surface area contributed by atoms with Crippen molar-refractivity contribution in [3.8, 4) is 22.8 Å². The number of aromatic nitrogens is 2. The Morgan fingerprint density at radius 2 is 2.00 bits per heavy atom. The fraction of sp³-hybridized carbons (Fsp3) is 0.0667. The highest BCUT2D eigenvalue weighted by atomic mass is 79.9. The molecule has 1 aromatic heterocycles. The lowest BCUT2D eigenvalue weighted by molar-refractivity contribution is 0.432. The van der Waals surface area contributed by atoms with Gasteiger partial charge in [0.15, 0.2) is 0 Å². The monoisotopic (exact) mass is 363 g/mol. The van der Waals surface area contributed by atoms with Crippen LogP contribution in [0, 0.1) is 0 Å². The molecule has 0 spiro atoms. The second kappa shape index (κ2) is 5.97. The van der Waals surface area contributed by atoms with E-state index >= 15 is 0 Å². The minimum Gasteiger partial charge on any atom is -0.334 e. The third kappa shape index (κ3) is 2.85.